The highest BCUT2D eigenvalue weighted by Gasteiger charge is 2.40. The molecule has 0 aliphatic carbocycles. The van der Waals surface area contributed by atoms with Crippen molar-refractivity contribution in [2.45, 2.75) is 51.5 Å². The third kappa shape index (κ3) is 3.77. The monoisotopic (exact) mass is 420 g/mol. The number of hydrogen-bond donors (Lipinski definition) is 0. The van der Waals surface area contributed by atoms with E-state index in [1.165, 1.54) is 4.80 Å². The molecule has 154 valence electrons. The second-order valence-electron chi connectivity index (χ2n) is 8.54. The molecular formula is C20H23ClF2N6. The molecule has 1 aliphatic heterocycles. The molecule has 29 heavy (non-hydrogen) atoms. The normalized spacial score (nSPS) is 17.8. The molecule has 4 rings (SSSR count). The van der Waals surface area contributed by atoms with Crippen LogP contribution < -0.4 is 4.90 Å². The van der Waals surface area contributed by atoms with Gasteiger partial charge < -0.3 is 4.90 Å². The summed E-state index contributed by atoms with van der Waals surface area (Å²) in [6.07, 6.45) is -0.201. The Morgan fingerprint density at radius 1 is 1.14 bits per heavy atom. The minimum atomic E-state index is -2.74. The Morgan fingerprint density at radius 3 is 2.48 bits per heavy atom. The number of anilines is 1. The van der Waals surface area contributed by atoms with Crippen LogP contribution in [0.25, 0.3) is 11.2 Å². The summed E-state index contributed by atoms with van der Waals surface area (Å²) in [5.74, 6) is -1.78. The highest BCUT2D eigenvalue weighted by Crippen LogP contribution is 2.34. The zero-order valence-corrected chi connectivity index (χ0v) is 17.6. The third-order valence-electron chi connectivity index (χ3n) is 5.09. The Balaban J connectivity index is 1.84. The summed E-state index contributed by atoms with van der Waals surface area (Å²) in [5, 5.41) is 9.75. The van der Waals surface area contributed by atoms with Gasteiger partial charge in [-0.15, -0.1) is 10.2 Å². The quantitative estimate of drug-likeness (QED) is 0.618. The molecule has 2 aromatic heterocycles. The van der Waals surface area contributed by atoms with Crippen molar-refractivity contribution < 1.29 is 8.78 Å². The summed E-state index contributed by atoms with van der Waals surface area (Å²) in [4.78, 5) is 12.3. The maximum atomic E-state index is 13.9. The molecule has 0 saturated carbocycles. The standard InChI is InChI=1S/C20H23ClF2N6/c1-12(13-7-5-6-8-14(13)21)29-26-15-16(27-29)24-18(19(2,3)4)25-17(15)28-10-9-20(22,23)11-28/h5-8,12H,9-11H2,1-4H3. The van der Waals surface area contributed by atoms with Gasteiger partial charge in [0.25, 0.3) is 5.92 Å². The van der Waals surface area contributed by atoms with E-state index in [4.69, 9.17) is 11.6 Å². The van der Waals surface area contributed by atoms with Gasteiger partial charge in [0.05, 0.1) is 12.6 Å². The topological polar surface area (TPSA) is 59.7 Å². The zero-order chi connectivity index (χ0) is 21.0. The van der Waals surface area contributed by atoms with Crippen LogP contribution >= 0.6 is 11.6 Å². The summed E-state index contributed by atoms with van der Waals surface area (Å²) in [6, 6.07) is 7.24. The average molecular weight is 421 g/mol. The van der Waals surface area contributed by atoms with Crippen LogP contribution in [0.15, 0.2) is 24.3 Å². The van der Waals surface area contributed by atoms with Gasteiger partial charge in [-0.3, -0.25) is 0 Å². The van der Waals surface area contributed by atoms with Gasteiger partial charge in [-0.2, -0.15) is 4.80 Å². The summed E-state index contributed by atoms with van der Waals surface area (Å²) >= 11 is 6.33. The molecule has 0 radical (unpaired) electrons. The molecule has 3 heterocycles. The fourth-order valence-electron chi connectivity index (χ4n) is 3.40. The highest BCUT2D eigenvalue weighted by atomic mass is 35.5. The first-order valence-electron chi connectivity index (χ1n) is 9.57. The molecule has 6 nitrogen and oxygen atoms in total. The summed E-state index contributed by atoms with van der Waals surface area (Å²) in [7, 11) is 0. The summed E-state index contributed by atoms with van der Waals surface area (Å²) in [5.41, 5.74) is 1.33. The molecule has 0 bridgehead atoms. The molecule has 1 saturated heterocycles. The van der Waals surface area contributed by atoms with Crippen molar-refractivity contribution in [3.63, 3.8) is 0 Å². The van der Waals surface area contributed by atoms with Crippen LogP contribution in [0, 0.1) is 0 Å². The van der Waals surface area contributed by atoms with Crippen LogP contribution in [0.2, 0.25) is 5.02 Å². The minimum Gasteiger partial charge on any atom is -0.348 e. The maximum absolute atomic E-state index is 13.9. The molecule has 0 N–H and O–H groups in total. The van der Waals surface area contributed by atoms with E-state index in [-0.39, 0.29) is 31.0 Å². The molecule has 9 heteroatoms. The van der Waals surface area contributed by atoms with E-state index in [1.807, 2.05) is 52.0 Å². The predicted molar refractivity (Wildman–Crippen MR) is 109 cm³/mol. The summed E-state index contributed by atoms with van der Waals surface area (Å²) < 4.78 is 27.7. The van der Waals surface area contributed by atoms with E-state index in [0.29, 0.717) is 27.8 Å². The molecule has 1 fully saturated rings. The van der Waals surface area contributed by atoms with Crippen LogP contribution in [0.4, 0.5) is 14.6 Å². The van der Waals surface area contributed by atoms with E-state index in [2.05, 4.69) is 20.2 Å². The van der Waals surface area contributed by atoms with Gasteiger partial charge in [0, 0.05) is 23.4 Å². The smallest absolute Gasteiger partial charge is 0.266 e. The van der Waals surface area contributed by atoms with Gasteiger partial charge in [-0.1, -0.05) is 50.6 Å². The number of halogens is 3. The molecular weight excluding hydrogens is 398 g/mol. The zero-order valence-electron chi connectivity index (χ0n) is 16.8. The van der Waals surface area contributed by atoms with Gasteiger partial charge in [-0.05, 0) is 18.6 Å². The Morgan fingerprint density at radius 2 is 1.86 bits per heavy atom. The van der Waals surface area contributed by atoms with Gasteiger partial charge in [0.2, 0.25) is 5.65 Å². The summed E-state index contributed by atoms with van der Waals surface area (Å²) in [6.45, 7) is 7.71. The first-order valence-corrected chi connectivity index (χ1v) is 9.95. The van der Waals surface area contributed by atoms with Crippen molar-refractivity contribution in [3.8, 4) is 0 Å². The Labute approximate surface area is 172 Å². The lowest BCUT2D eigenvalue weighted by molar-refractivity contribution is 0.0257. The third-order valence-corrected chi connectivity index (χ3v) is 5.43. The fourth-order valence-corrected chi connectivity index (χ4v) is 3.69. The fraction of sp³-hybridized carbons (Fsp3) is 0.500. The largest absolute Gasteiger partial charge is 0.348 e. The van der Waals surface area contributed by atoms with Crippen molar-refractivity contribution >= 4 is 28.6 Å². The maximum Gasteiger partial charge on any atom is 0.266 e. The molecule has 0 amide bonds. The molecule has 1 atom stereocenters. The van der Waals surface area contributed by atoms with E-state index in [9.17, 15) is 8.78 Å². The number of fused-ring (bicyclic) bond motifs is 1. The Bertz CT molecular complexity index is 1060. The van der Waals surface area contributed by atoms with Crippen LogP contribution in [0.5, 0.6) is 0 Å². The average Bonchev–Trinajstić information content (AvgIpc) is 3.23. The van der Waals surface area contributed by atoms with Crippen molar-refractivity contribution in [1.29, 1.82) is 0 Å². The second kappa shape index (κ2) is 6.86. The Hall–Kier alpha value is -2.35. The number of aromatic nitrogens is 5. The van der Waals surface area contributed by atoms with Crippen LogP contribution in [0.3, 0.4) is 0 Å². The molecule has 1 aromatic carbocycles. The minimum absolute atomic E-state index is 0.201. The lowest BCUT2D eigenvalue weighted by Crippen LogP contribution is -2.27. The van der Waals surface area contributed by atoms with Crippen LogP contribution in [0.1, 0.15) is 51.5 Å². The van der Waals surface area contributed by atoms with Crippen molar-refractivity contribution in [2.24, 2.45) is 0 Å². The molecule has 0 spiro atoms. The van der Waals surface area contributed by atoms with Gasteiger partial charge in [-0.25, -0.2) is 18.7 Å². The van der Waals surface area contributed by atoms with Gasteiger partial charge in [0.1, 0.15) is 5.82 Å². The van der Waals surface area contributed by atoms with Crippen molar-refractivity contribution in [1.82, 2.24) is 25.0 Å². The van der Waals surface area contributed by atoms with E-state index >= 15 is 0 Å². The second-order valence-corrected chi connectivity index (χ2v) is 8.95. The lowest BCUT2D eigenvalue weighted by Gasteiger charge is -2.21. The first-order chi connectivity index (χ1) is 13.5. The van der Waals surface area contributed by atoms with Gasteiger partial charge in [0.15, 0.2) is 11.3 Å². The number of nitrogens with zero attached hydrogens (tertiary/aromatic N) is 6. The highest BCUT2D eigenvalue weighted by molar-refractivity contribution is 6.31. The number of benzene rings is 1. The van der Waals surface area contributed by atoms with Crippen molar-refractivity contribution in [3.05, 3.63) is 40.7 Å². The molecule has 3 aromatic rings. The number of hydrogen-bond acceptors (Lipinski definition) is 5. The van der Waals surface area contributed by atoms with E-state index < -0.39 is 5.92 Å². The first kappa shape index (κ1) is 19.9. The number of alkyl halides is 2. The lowest BCUT2D eigenvalue weighted by atomic mass is 9.96. The van der Waals surface area contributed by atoms with Crippen LogP contribution in [-0.4, -0.2) is 44.0 Å². The van der Waals surface area contributed by atoms with Crippen LogP contribution in [-0.2, 0) is 5.41 Å². The number of rotatable bonds is 3. The van der Waals surface area contributed by atoms with E-state index in [0.717, 1.165) is 5.56 Å². The molecule has 1 aliphatic rings. The molecule has 1 unspecified atom stereocenters. The van der Waals surface area contributed by atoms with Gasteiger partial charge >= 0.3 is 0 Å². The SMILES string of the molecule is CC(c1ccccc1Cl)n1nc2nc(C(C)(C)C)nc(N3CCC(F)(F)C3)c2n1. The Kier molecular flexibility index (Phi) is 4.72. The predicted octanol–water partition coefficient (Wildman–Crippen LogP) is 4.63. The van der Waals surface area contributed by atoms with E-state index in [1.54, 1.807) is 4.90 Å². The van der Waals surface area contributed by atoms with Crippen molar-refractivity contribution in [2.75, 3.05) is 18.0 Å².